The SMILES string of the molecule is CCCCCCCCC=CC(O)C(Cl)(Cl)Cl. The fourth-order valence-electron chi connectivity index (χ4n) is 1.38. The van der Waals surface area contributed by atoms with Crippen molar-refractivity contribution in [3.8, 4) is 0 Å². The molecule has 1 atom stereocenters. The highest BCUT2D eigenvalue weighted by molar-refractivity contribution is 6.68. The van der Waals surface area contributed by atoms with Gasteiger partial charge < -0.3 is 5.11 Å². The summed E-state index contributed by atoms with van der Waals surface area (Å²) in [5.74, 6) is 0. The Morgan fingerprint density at radius 3 is 2.19 bits per heavy atom. The second-order valence-corrected chi connectivity index (χ2v) is 6.34. The van der Waals surface area contributed by atoms with Crippen molar-refractivity contribution >= 4 is 34.8 Å². The van der Waals surface area contributed by atoms with Crippen molar-refractivity contribution < 1.29 is 5.11 Å². The molecule has 1 nitrogen and oxygen atoms in total. The molecule has 0 aromatic carbocycles. The number of alkyl halides is 3. The third-order valence-electron chi connectivity index (χ3n) is 2.38. The third-order valence-corrected chi connectivity index (χ3v) is 3.05. The highest BCUT2D eigenvalue weighted by Crippen LogP contribution is 2.30. The van der Waals surface area contributed by atoms with Crippen LogP contribution < -0.4 is 0 Å². The van der Waals surface area contributed by atoms with Gasteiger partial charge in [-0.05, 0) is 12.8 Å². The van der Waals surface area contributed by atoms with E-state index in [9.17, 15) is 5.11 Å². The molecule has 0 aliphatic rings. The van der Waals surface area contributed by atoms with Gasteiger partial charge in [0.25, 0.3) is 0 Å². The number of hydrogen-bond acceptors (Lipinski definition) is 1. The smallest absolute Gasteiger partial charge is 0.219 e. The Kier molecular flexibility index (Phi) is 9.93. The lowest BCUT2D eigenvalue weighted by molar-refractivity contribution is 0.227. The second-order valence-electron chi connectivity index (χ2n) is 3.97. The minimum absolute atomic E-state index is 0.934. The van der Waals surface area contributed by atoms with Crippen LogP contribution in [0.15, 0.2) is 12.2 Å². The molecule has 0 rings (SSSR count). The highest BCUT2D eigenvalue weighted by Gasteiger charge is 2.28. The molecule has 96 valence electrons. The number of halogens is 3. The first kappa shape index (κ1) is 16.6. The van der Waals surface area contributed by atoms with E-state index in [4.69, 9.17) is 34.8 Å². The van der Waals surface area contributed by atoms with Crippen LogP contribution in [0.4, 0.5) is 0 Å². The summed E-state index contributed by atoms with van der Waals surface area (Å²) >= 11 is 16.5. The zero-order chi connectivity index (χ0) is 12.4. The summed E-state index contributed by atoms with van der Waals surface area (Å²) in [6.07, 6.45) is 10.9. The first-order valence-corrected chi connectivity index (χ1v) is 7.03. The molecule has 0 bridgehead atoms. The summed E-state index contributed by atoms with van der Waals surface area (Å²) in [7, 11) is 0. The van der Waals surface area contributed by atoms with E-state index < -0.39 is 9.90 Å². The van der Waals surface area contributed by atoms with Crippen molar-refractivity contribution in [2.24, 2.45) is 0 Å². The molecule has 1 unspecified atom stereocenters. The van der Waals surface area contributed by atoms with Crippen molar-refractivity contribution in [3.05, 3.63) is 12.2 Å². The van der Waals surface area contributed by atoms with E-state index in [0.29, 0.717) is 0 Å². The van der Waals surface area contributed by atoms with Gasteiger partial charge in [-0.3, -0.25) is 0 Å². The van der Waals surface area contributed by atoms with Gasteiger partial charge in [-0.15, -0.1) is 0 Å². The van der Waals surface area contributed by atoms with E-state index in [1.807, 2.05) is 6.08 Å². The number of rotatable bonds is 8. The van der Waals surface area contributed by atoms with E-state index in [0.717, 1.165) is 12.8 Å². The van der Waals surface area contributed by atoms with Crippen LogP contribution in [0.2, 0.25) is 0 Å². The maximum atomic E-state index is 9.38. The molecule has 0 heterocycles. The number of allylic oxidation sites excluding steroid dienone is 1. The highest BCUT2D eigenvalue weighted by atomic mass is 35.6. The Morgan fingerprint density at radius 1 is 1.06 bits per heavy atom. The molecule has 16 heavy (non-hydrogen) atoms. The van der Waals surface area contributed by atoms with Crippen LogP contribution in [0.1, 0.15) is 51.9 Å². The minimum atomic E-state index is -1.61. The molecule has 0 spiro atoms. The molecule has 0 aliphatic heterocycles. The van der Waals surface area contributed by atoms with Crippen molar-refractivity contribution in [3.63, 3.8) is 0 Å². The average molecular weight is 288 g/mol. The second kappa shape index (κ2) is 9.58. The lowest BCUT2D eigenvalue weighted by Crippen LogP contribution is -2.22. The largest absolute Gasteiger partial charge is 0.385 e. The van der Waals surface area contributed by atoms with Gasteiger partial charge in [0.05, 0.1) is 0 Å². The van der Waals surface area contributed by atoms with Gasteiger partial charge >= 0.3 is 0 Å². The van der Waals surface area contributed by atoms with Gasteiger partial charge in [0.2, 0.25) is 3.79 Å². The molecule has 0 saturated carbocycles. The molecule has 0 aliphatic carbocycles. The predicted octanol–water partition coefficient (Wildman–Crippen LogP) is 5.02. The monoisotopic (exact) mass is 286 g/mol. The maximum Gasteiger partial charge on any atom is 0.219 e. The van der Waals surface area contributed by atoms with Gasteiger partial charge in [0.15, 0.2) is 0 Å². The summed E-state index contributed by atoms with van der Waals surface area (Å²) in [6.45, 7) is 2.21. The quantitative estimate of drug-likeness (QED) is 0.377. The Labute approximate surface area is 114 Å². The van der Waals surface area contributed by atoms with Crippen LogP contribution in [0, 0.1) is 0 Å². The zero-order valence-corrected chi connectivity index (χ0v) is 12.0. The van der Waals surface area contributed by atoms with E-state index in [1.54, 1.807) is 6.08 Å². The minimum Gasteiger partial charge on any atom is -0.385 e. The van der Waals surface area contributed by atoms with Gasteiger partial charge in [-0.2, -0.15) is 0 Å². The summed E-state index contributed by atoms with van der Waals surface area (Å²) in [4.78, 5) is 0. The fourth-order valence-corrected chi connectivity index (χ4v) is 1.59. The topological polar surface area (TPSA) is 20.2 Å². The first-order chi connectivity index (χ1) is 7.48. The molecule has 4 heteroatoms. The molecule has 1 N–H and O–H groups in total. The summed E-state index contributed by atoms with van der Waals surface area (Å²) in [6, 6.07) is 0. The summed E-state index contributed by atoms with van der Waals surface area (Å²) < 4.78 is -1.61. The summed E-state index contributed by atoms with van der Waals surface area (Å²) in [5, 5.41) is 9.38. The molecule has 0 aromatic heterocycles. The molecule has 0 radical (unpaired) electrons. The van der Waals surface area contributed by atoms with Gasteiger partial charge in [-0.1, -0.05) is 86.0 Å². The van der Waals surface area contributed by atoms with Crippen LogP contribution in [0.25, 0.3) is 0 Å². The molecule has 0 aromatic rings. The van der Waals surface area contributed by atoms with Crippen LogP contribution in [-0.4, -0.2) is 15.0 Å². The van der Waals surface area contributed by atoms with Crippen molar-refractivity contribution in [1.82, 2.24) is 0 Å². The van der Waals surface area contributed by atoms with Crippen LogP contribution in [-0.2, 0) is 0 Å². The number of unbranched alkanes of at least 4 members (excludes halogenated alkanes) is 6. The number of hydrogen-bond donors (Lipinski definition) is 1. The standard InChI is InChI=1S/C12H21Cl3O/c1-2-3-4-5-6-7-8-9-10-11(16)12(13,14)15/h9-11,16H,2-8H2,1H3. The van der Waals surface area contributed by atoms with Gasteiger partial charge in [0.1, 0.15) is 6.10 Å². The Hall–Kier alpha value is 0.570. The van der Waals surface area contributed by atoms with E-state index >= 15 is 0 Å². The van der Waals surface area contributed by atoms with Crippen molar-refractivity contribution in [2.75, 3.05) is 0 Å². The molecule has 0 fully saturated rings. The van der Waals surface area contributed by atoms with Gasteiger partial charge in [0, 0.05) is 0 Å². The predicted molar refractivity (Wildman–Crippen MR) is 73.4 cm³/mol. The lowest BCUT2D eigenvalue weighted by Gasteiger charge is -2.14. The molecular weight excluding hydrogens is 266 g/mol. The molecule has 0 saturated heterocycles. The first-order valence-electron chi connectivity index (χ1n) is 5.90. The average Bonchev–Trinajstić information content (AvgIpc) is 2.20. The Balaban J connectivity index is 3.41. The molecular formula is C12H21Cl3O. The molecule has 0 amide bonds. The fraction of sp³-hybridized carbons (Fsp3) is 0.833. The van der Waals surface area contributed by atoms with E-state index in [2.05, 4.69) is 6.92 Å². The zero-order valence-electron chi connectivity index (χ0n) is 9.76. The number of aliphatic hydroxyl groups is 1. The van der Waals surface area contributed by atoms with Crippen molar-refractivity contribution in [1.29, 1.82) is 0 Å². The van der Waals surface area contributed by atoms with Gasteiger partial charge in [-0.25, -0.2) is 0 Å². The van der Waals surface area contributed by atoms with Crippen LogP contribution in [0.3, 0.4) is 0 Å². The van der Waals surface area contributed by atoms with Crippen molar-refractivity contribution in [2.45, 2.75) is 61.8 Å². The Bertz CT molecular complexity index is 187. The van der Waals surface area contributed by atoms with E-state index in [-0.39, 0.29) is 0 Å². The third kappa shape index (κ3) is 9.77. The van der Waals surface area contributed by atoms with E-state index in [1.165, 1.54) is 32.1 Å². The summed E-state index contributed by atoms with van der Waals surface area (Å²) in [5.41, 5.74) is 0. The normalized spacial score (nSPS) is 14.6. The maximum absolute atomic E-state index is 9.38. The van der Waals surface area contributed by atoms with Crippen LogP contribution >= 0.6 is 34.8 Å². The van der Waals surface area contributed by atoms with Crippen LogP contribution in [0.5, 0.6) is 0 Å². The number of aliphatic hydroxyl groups excluding tert-OH is 1. The lowest BCUT2D eigenvalue weighted by atomic mass is 10.1. The Morgan fingerprint density at radius 2 is 1.62 bits per heavy atom.